The van der Waals surface area contributed by atoms with Crippen molar-refractivity contribution in [3.8, 4) is 0 Å². The number of carbonyl (C=O) groups is 1. The van der Waals surface area contributed by atoms with Crippen molar-refractivity contribution < 1.29 is 32.9 Å². The Morgan fingerprint density at radius 1 is 0.514 bits per heavy atom. The number of quaternary nitrogens is 1. The lowest BCUT2D eigenvalue weighted by molar-refractivity contribution is -0.870. The Morgan fingerprint density at radius 3 is 1.33 bits per heavy atom. The molecule has 0 aromatic rings. The third-order valence-electron chi connectivity index (χ3n) is 12.3. The van der Waals surface area contributed by atoms with Crippen LogP contribution in [0.25, 0.3) is 0 Å². The van der Waals surface area contributed by atoms with Gasteiger partial charge in [-0.05, 0) is 89.9 Å². The summed E-state index contributed by atoms with van der Waals surface area (Å²) in [4.78, 5) is 25.5. The Morgan fingerprint density at radius 2 is 0.886 bits per heavy atom. The lowest BCUT2D eigenvalue weighted by Crippen LogP contribution is -2.45. The topological polar surface area (TPSA) is 108 Å². The highest BCUT2D eigenvalue weighted by molar-refractivity contribution is 7.45. The zero-order valence-electron chi connectivity index (χ0n) is 45.9. The van der Waals surface area contributed by atoms with Gasteiger partial charge in [-0.15, -0.1) is 0 Å². The lowest BCUT2D eigenvalue weighted by Gasteiger charge is -2.29. The van der Waals surface area contributed by atoms with Gasteiger partial charge in [0.25, 0.3) is 7.82 Å². The highest BCUT2D eigenvalue weighted by Crippen LogP contribution is 2.38. The first-order chi connectivity index (χ1) is 34.0. The van der Waals surface area contributed by atoms with Crippen LogP contribution in [0, 0.1) is 0 Å². The molecule has 3 atom stereocenters. The molecule has 0 radical (unpaired) electrons. The molecule has 70 heavy (non-hydrogen) atoms. The zero-order chi connectivity index (χ0) is 51.3. The normalized spacial score (nSPS) is 14.7. The SMILES string of the molecule is CC/C=C\C/C=C\C/C=C\C/C=C\C/C=C\CCCCCCCC(=O)NC(COP(=O)([O-])OCC[N+](C)(C)C)C(O)/C=C/CC/C=C/CC/C=C/CCCCCCCCCCCCCCCCCCC. The van der Waals surface area contributed by atoms with Crippen molar-refractivity contribution in [2.75, 3.05) is 40.9 Å². The van der Waals surface area contributed by atoms with Crippen LogP contribution in [0.2, 0.25) is 0 Å². The number of aliphatic hydroxyl groups excluding tert-OH is 1. The van der Waals surface area contributed by atoms with Crippen molar-refractivity contribution in [1.29, 1.82) is 0 Å². The molecule has 0 aliphatic rings. The summed E-state index contributed by atoms with van der Waals surface area (Å²) in [5.41, 5.74) is 0. The molecule has 0 heterocycles. The van der Waals surface area contributed by atoms with Gasteiger partial charge in [0.2, 0.25) is 5.91 Å². The molecule has 0 saturated heterocycles. The predicted molar refractivity (Wildman–Crippen MR) is 302 cm³/mol. The fraction of sp³-hybridized carbons (Fsp3) is 0.721. The molecule has 0 bridgehead atoms. The second-order valence-corrected chi connectivity index (χ2v) is 21.7. The molecule has 0 aromatic heterocycles. The summed E-state index contributed by atoms with van der Waals surface area (Å²) < 4.78 is 23.3. The molecule has 1 amide bonds. The number of hydrogen-bond donors (Lipinski definition) is 2. The van der Waals surface area contributed by atoms with Gasteiger partial charge in [0.05, 0.1) is 39.9 Å². The van der Waals surface area contributed by atoms with E-state index in [4.69, 9.17) is 9.05 Å². The van der Waals surface area contributed by atoms with Crippen molar-refractivity contribution in [2.45, 2.75) is 244 Å². The molecule has 0 spiro atoms. The molecular formula is C61H109N2O6P. The summed E-state index contributed by atoms with van der Waals surface area (Å²) in [7, 11) is 1.21. The third-order valence-corrected chi connectivity index (χ3v) is 13.2. The van der Waals surface area contributed by atoms with E-state index in [1.807, 2.05) is 27.2 Å². The number of likely N-dealkylation sites (N-methyl/N-ethyl adjacent to an activating group) is 1. The van der Waals surface area contributed by atoms with Crippen molar-refractivity contribution in [3.05, 3.63) is 97.2 Å². The van der Waals surface area contributed by atoms with Gasteiger partial charge in [0.1, 0.15) is 13.2 Å². The van der Waals surface area contributed by atoms with Crippen molar-refractivity contribution in [3.63, 3.8) is 0 Å². The largest absolute Gasteiger partial charge is 0.756 e. The van der Waals surface area contributed by atoms with E-state index < -0.39 is 26.6 Å². The molecule has 9 heteroatoms. The number of aliphatic hydroxyl groups is 1. The second kappa shape index (κ2) is 51.3. The molecule has 404 valence electrons. The molecule has 0 fully saturated rings. The van der Waals surface area contributed by atoms with Crippen LogP contribution in [-0.4, -0.2) is 68.5 Å². The van der Waals surface area contributed by atoms with Crippen LogP contribution in [0.4, 0.5) is 0 Å². The van der Waals surface area contributed by atoms with Gasteiger partial charge in [-0.2, -0.15) is 0 Å². The minimum atomic E-state index is -4.62. The summed E-state index contributed by atoms with van der Waals surface area (Å²) in [6, 6.07) is -0.928. The number of amides is 1. The maximum absolute atomic E-state index is 12.9. The summed E-state index contributed by atoms with van der Waals surface area (Å²) in [5, 5.41) is 13.8. The van der Waals surface area contributed by atoms with Crippen LogP contribution in [0.1, 0.15) is 232 Å². The number of rotatable bonds is 51. The quantitative estimate of drug-likeness (QED) is 0.0272. The van der Waals surface area contributed by atoms with Gasteiger partial charge in [-0.1, -0.05) is 233 Å². The first-order valence-electron chi connectivity index (χ1n) is 28.6. The summed E-state index contributed by atoms with van der Waals surface area (Å²) in [6.07, 6.45) is 73.5. The van der Waals surface area contributed by atoms with Crippen molar-refractivity contribution in [2.24, 2.45) is 0 Å². The standard InChI is InChI=1S/C61H109N2O6P/c1-6-8-10-12-14-16-18-20-22-24-26-28-29-30-31-32-33-35-36-38-40-42-44-46-48-50-52-54-60(64)59(58-69-70(66,67)68-57-56-63(3,4)5)62-61(65)55-53-51-49-47-45-43-41-39-37-34-27-25-23-21-19-17-15-13-11-9-7-2/h9,11,15,17,21,23,27,34,36,38-39,41,44,46,52,54,59-60,64H,6-8,10,12-14,16,18-20,22,24-26,28-33,35,37,40,42-43,45,47-51,53,55-58H2,1-5H3,(H-,62,65,66,67)/b11-9-,17-15-,23-21-,34-27-,38-36+,41-39-,46-44+,54-52+. The van der Waals surface area contributed by atoms with Gasteiger partial charge in [-0.3, -0.25) is 9.36 Å². The van der Waals surface area contributed by atoms with Crippen LogP contribution in [0.15, 0.2) is 97.2 Å². The van der Waals surface area contributed by atoms with E-state index >= 15 is 0 Å². The van der Waals surface area contributed by atoms with Gasteiger partial charge >= 0.3 is 0 Å². The molecule has 0 aliphatic heterocycles. The average molecular weight is 998 g/mol. The predicted octanol–water partition coefficient (Wildman–Crippen LogP) is 16.8. The number of nitrogens with one attached hydrogen (secondary N) is 1. The molecule has 2 N–H and O–H groups in total. The average Bonchev–Trinajstić information content (AvgIpc) is 3.32. The highest BCUT2D eigenvalue weighted by Gasteiger charge is 2.23. The number of allylic oxidation sites excluding steroid dienone is 15. The number of nitrogens with zero attached hydrogens (tertiary/aromatic N) is 1. The first-order valence-corrected chi connectivity index (χ1v) is 30.1. The summed E-state index contributed by atoms with van der Waals surface area (Å²) in [5.74, 6) is -0.233. The van der Waals surface area contributed by atoms with Gasteiger partial charge in [0, 0.05) is 6.42 Å². The highest BCUT2D eigenvalue weighted by atomic mass is 31.2. The molecular weight excluding hydrogens is 888 g/mol. The van der Waals surface area contributed by atoms with Crippen LogP contribution in [-0.2, 0) is 18.4 Å². The van der Waals surface area contributed by atoms with E-state index in [-0.39, 0.29) is 12.5 Å². The lowest BCUT2D eigenvalue weighted by atomic mass is 10.0. The fourth-order valence-electron chi connectivity index (χ4n) is 7.80. The van der Waals surface area contributed by atoms with Gasteiger partial charge < -0.3 is 28.8 Å². The van der Waals surface area contributed by atoms with E-state index in [0.717, 1.165) is 96.3 Å². The summed E-state index contributed by atoms with van der Waals surface area (Å²) >= 11 is 0. The Bertz CT molecular complexity index is 1460. The Labute approximate surface area is 432 Å². The van der Waals surface area contributed by atoms with Gasteiger partial charge in [0.15, 0.2) is 0 Å². The maximum atomic E-state index is 12.9. The first kappa shape index (κ1) is 67.4. The molecule has 0 aliphatic carbocycles. The second-order valence-electron chi connectivity index (χ2n) is 20.2. The number of unbranched alkanes of at least 4 members (excludes halogenated alkanes) is 24. The van der Waals surface area contributed by atoms with E-state index in [1.165, 1.54) is 116 Å². The Balaban J connectivity index is 4.35. The molecule has 8 nitrogen and oxygen atoms in total. The Kier molecular flexibility index (Phi) is 49.4. The van der Waals surface area contributed by atoms with Gasteiger partial charge in [-0.25, -0.2) is 0 Å². The third kappa shape index (κ3) is 53.2. The minimum absolute atomic E-state index is 0.0184. The number of carbonyl (C=O) groups excluding carboxylic acids is 1. The number of phosphoric acid groups is 1. The Hall–Kier alpha value is -2.58. The molecule has 3 unspecified atom stereocenters. The number of phosphoric ester groups is 1. The van der Waals surface area contributed by atoms with E-state index in [1.54, 1.807) is 6.08 Å². The van der Waals surface area contributed by atoms with Crippen LogP contribution in [0.3, 0.4) is 0 Å². The zero-order valence-corrected chi connectivity index (χ0v) is 46.8. The fourth-order valence-corrected chi connectivity index (χ4v) is 8.52. The number of hydrogen-bond acceptors (Lipinski definition) is 6. The van der Waals surface area contributed by atoms with E-state index in [9.17, 15) is 19.4 Å². The molecule has 0 aromatic carbocycles. The van der Waals surface area contributed by atoms with Crippen molar-refractivity contribution >= 4 is 13.7 Å². The van der Waals surface area contributed by atoms with Crippen LogP contribution < -0.4 is 10.2 Å². The van der Waals surface area contributed by atoms with E-state index in [2.05, 4.69) is 104 Å². The monoisotopic (exact) mass is 997 g/mol. The smallest absolute Gasteiger partial charge is 0.268 e. The minimum Gasteiger partial charge on any atom is -0.756 e. The van der Waals surface area contributed by atoms with E-state index in [0.29, 0.717) is 17.4 Å². The van der Waals surface area contributed by atoms with Crippen LogP contribution in [0.5, 0.6) is 0 Å². The van der Waals surface area contributed by atoms with Crippen molar-refractivity contribution in [1.82, 2.24) is 5.32 Å². The maximum Gasteiger partial charge on any atom is 0.268 e. The van der Waals surface area contributed by atoms with Crippen LogP contribution >= 0.6 is 7.82 Å². The summed E-state index contributed by atoms with van der Waals surface area (Å²) in [6.45, 7) is 4.49. The molecule has 0 saturated carbocycles. The molecule has 0 rings (SSSR count).